The molecule has 0 bridgehead atoms. The van der Waals surface area contributed by atoms with Gasteiger partial charge in [0.2, 0.25) is 0 Å². The first kappa shape index (κ1) is 20.3. The Balaban J connectivity index is 1.56. The number of hydrazone groups is 1. The van der Waals surface area contributed by atoms with Crippen molar-refractivity contribution in [2.75, 3.05) is 6.61 Å². The molecule has 28 heavy (non-hydrogen) atoms. The fraction of sp³-hybridized carbons (Fsp3) is 0.0909. The molecule has 0 radical (unpaired) electrons. The molecule has 0 unspecified atom stereocenters. The van der Waals surface area contributed by atoms with E-state index >= 15 is 0 Å². The number of amides is 1. The van der Waals surface area contributed by atoms with Crippen molar-refractivity contribution >= 4 is 43.5 Å². The summed E-state index contributed by atoms with van der Waals surface area (Å²) in [4.78, 5) is 12.0. The fourth-order valence-corrected chi connectivity index (χ4v) is 3.67. The number of rotatable bonds is 6. The number of carbonyl (C=O) groups is 1. The molecule has 0 fully saturated rings. The molecule has 0 aliphatic rings. The van der Waals surface area contributed by atoms with Gasteiger partial charge in [0.25, 0.3) is 5.91 Å². The van der Waals surface area contributed by atoms with Crippen molar-refractivity contribution in [3.05, 3.63) is 87.3 Å². The zero-order valence-electron chi connectivity index (χ0n) is 15.2. The Morgan fingerprint density at radius 3 is 2.32 bits per heavy atom. The van der Waals surface area contributed by atoms with Crippen LogP contribution in [0.5, 0.6) is 5.75 Å². The van der Waals surface area contributed by atoms with E-state index in [1.807, 2.05) is 61.5 Å². The van der Waals surface area contributed by atoms with Crippen LogP contribution in [0.3, 0.4) is 0 Å². The van der Waals surface area contributed by atoms with Gasteiger partial charge >= 0.3 is 0 Å². The van der Waals surface area contributed by atoms with Crippen molar-refractivity contribution in [3.63, 3.8) is 0 Å². The Morgan fingerprint density at radius 2 is 1.64 bits per heavy atom. The lowest BCUT2D eigenvalue weighted by molar-refractivity contribution is -0.123. The zero-order valence-corrected chi connectivity index (χ0v) is 18.3. The minimum absolute atomic E-state index is 0.121. The highest BCUT2D eigenvalue weighted by atomic mass is 79.9. The third-order valence-electron chi connectivity index (χ3n) is 4.01. The number of benzene rings is 3. The third-order valence-corrected chi connectivity index (χ3v) is 5.12. The van der Waals surface area contributed by atoms with E-state index in [-0.39, 0.29) is 12.5 Å². The summed E-state index contributed by atoms with van der Waals surface area (Å²) in [5.74, 6) is 0.269. The quantitative estimate of drug-likeness (QED) is 0.343. The van der Waals surface area contributed by atoms with Crippen molar-refractivity contribution in [2.45, 2.75) is 6.92 Å². The SMILES string of the molecule is C/C(=N\NC(=O)COc1ccc(Br)cc1Br)c1ccc(-c2ccccc2)cc1. The topological polar surface area (TPSA) is 50.7 Å². The van der Waals surface area contributed by atoms with Gasteiger partial charge in [0.1, 0.15) is 5.75 Å². The van der Waals surface area contributed by atoms with E-state index in [2.05, 4.69) is 54.5 Å². The molecule has 0 saturated heterocycles. The molecule has 1 amide bonds. The molecular formula is C22H18Br2N2O2. The highest BCUT2D eigenvalue weighted by molar-refractivity contribution is 9.11. The Labute approximate surface area is 180 Å². The summed E-state index contributed by atoms with van der Waals surface area (Å²) in [5.41, 5.74) is 6.48. The molecule has 3 aromatic carbocycles. The standard InChI is InChI=1S/C22H18Br2N2O2/c1-15(16-7-9-18(10-8-16)17-5-3-2-4-6-17)25-26-22(27)14-28-21-12-11-19(23)13-20(21)24/h2-13H,14H2,1H3,(H,26,27)/b25-15+. The van der Waals surface area contributed by atoms with Crippen molar-refractivity contribution in [2.24, 2.45) is 5.10 Å². The van der Waals surface area contributed by atoms with Crippen LogP contribution in [0.25, 0.3) is 11.1 Å². The molecule has 3 aromatic rings. The predicted octanol–water partition coefficient (Wildman–Crippen LogP) is 5.80. The highest BCUT2D eigenvalue weighted by Crippen LogP contribution is 2.28. The van der Waals surface area contributed by atoms with Crippen LogP contribution in [0.1, 0.15) is 12.5 Å². The monoisotopic (exact) mass is 500 g/mol. The van der Waals surface area contributed by atoms with Gasteiger partial charge in [0, 0.05) is 4.47 Å². The fourth-order valence-electron chi connectivity index (χ4n) is 2.51. The Hall–Kier alpha value is -2.44. The summed E-state index contributed by atoms with van der Waals surface area (Å²) < 4.78 is 7.20. The molecule has 3 rings (SSSR count). The number of nitrogens with zero attached hydrogens (tertiary/aromatic N) is 1. The van der Waals surface area contributed by atoms with E-state index in [9.17, 15) is 4.79 Å². The van der Waals surface area contributed by atoms with Crippen LogP contribution >= 0.6 is 31.9 Å². The van der Waals surface area contributed by atoms with Crippen molar-refractivity contribution < 1.29 is 9.53 Å². The minimum Gasteiger partial charge on any atom is -0.483 e. The van der Waals surface area contributed by atoms with E-state index in [1.165, 1.54) is 0 Å². The first-order valence-corrected chi connectivity index (χ1v) is 10.2. The van der Waals surface area contributed by atoms with Gasteiger partial charge < -0.3 is 4.74 Å². The zero-order chi connectivity index (χ0) is 19.9. The smallest absolute Gasteiger partial charge is 0.277 e. The summed E-state index contributed by atoms with van der Waals surface area (Å²) in [5, 5.41) is 4.16. The largest absolute Gasteiger partial charge is 0.483 e. The predicted molar refractivity (Wildman–Crippen MR) is 120 cm³/mol. The van der Waals surface area contributed by atoms with Crippen molar-refractivity contribution in [1.82, 2.24) is 5.43 Å². The summed E-state index contributed by atoms with van der Waals surface area (Å²) in [7, 11) is 0. The Kier molecular flexibility index (Phi) is 7.01. The van der Waals surface area contributed by atoms with Gasteiger partial charge in [0.05, 0.1) is 10.2 Å². The molecule has 0 aromatic heterocycles. The average molecular weight is 502 g/mol. The molecule has 0 atom stereocenters. The molecule has 6 heteroatoms. The van der Waals surface area contributed by atoms with Gasteiger partial charge in [-0.1, -0.05) is 70.5 Å². The second kappa shape index (κ2) is 9.66. The number of ether oxygens (including phenoxy) is 1. The van der Waals surface area contributed by atoms with E-state index in [0.29, 0.717) is 5.75 Å². The van der Waals surface area contributed by atoms with E-state index in [0.717, 1.165) is 31.3 Å². The van der Waals surface area contributed by atoms with Crippen molar-refractivity contribution in [3.8, 4) is 16.9 Å². The summed E-state index contributed by atoms with van der Waals surface area (Å²) in [6, 6.07) is 23.7. The Morgan fingerprint density at radius 1 is 0.964 bits per heavy atom. The molecule has 0 spiro atoms. The summed E-state index contributed by atoms with van der Waals surface area (Å²) in [6.45, 7) is 1.73. The molecular weight excluding hydrogens is 484 g/mol. The summed E-state index contributed by atoms with van der Waals surface area (Å²) in [6.07, 6.45) is 0. The molecule has 0 aliphatic carbocycles. The van der Waals surface area contributed by atoms with E-state index in [4.69, 9.17) is 4.74 Å². The Bertz CT molecular complexity index is 987. The van der Waals surface area contributed by atoms with Crippen molar-refractivity contribution in [1.29, 1.82) is 0 Å². The third kappa shape index (κ3) is 5.53. The number of hydrogen-bond donors (Lipinski definition) is 1. The number of nitrogens with one attached hydrogen (secondary N) is 1. The van der Waals surface area contributed by atoms with Gasteiger partial charge in [-0.15, -0.1) is 0 Å². The molecule has 0 aliphatic heterocycles. The van der Waals surface area contributed by atoms with Gasteiger partial charge in [-0.3, -0.25) is 4.79 Å². The van der Waals surface area contributed by atoms with Gasteiger partial charge in [-0.2, -0.15) is 5.10 Å². The van der Waals surface area contributed by atoms with Crippen LogP contribution in [0.4, 0.5) is 0 Å². The first-order chi connectivity index (χ1) is 13.5. The maximum absolute atomic E-state index is 12.0. The second-order valence-corrected chi connectivity index (χ2v) is 7.81. The molecule has 142 valence electrons. The van der Waals surface area contributed by atoms with Crippen LogP contribution in [0.15, 0.2) is 86.8 Å². The highest BCUT2D eigenvalue weighted by Gasteiger charge is 2.06. The van der Waals surface area contributed by atoms with E-state index in [1.54, 1.807) is 6.07 Å². The maximum Gasteiger partial charge on any atom is 0.277 e. The number of hydrogen-bond acceptors (Lipinski definition) is 3. The van der Waals surface area contributed by atoms with Crippen LogP contribution in [0.2, 0.25) is 0 Å². The number of carbonyl (C=O) groups excluding carboxylic acids is 1. The van der Waals surface area contributed by atoms with Crippen LogP contribution < -0.4 is 10.2 Å². The van der Waals surface area contributed by atoms with Crippen LogP contribution in [-0.4, -0.2) is 18.2 Å². The van der Waals surface area contributed by atoms with Gasteiger partial charge in [-0.25, -0.2) is 5.43 Å². The van der Waals surface area contributed by atoms with Gasteiger partial charge in [0.15, 0.2) is 6.61 Å². The molecule has 0 saturated carbocycles. The van der Waals surface area contributed by atoms with Crippen LogP contribution in [-0.2, 0) is 4.79 Å². The van der Waals surface area contributed by atoms with Gasteiger partial charge in [-0.05, 0) is 57.7 Å². The number of halogens is 2. The average Bonchev–Trinajstić information content (AvgIpc) is 2.72. The molecule has 0 heterocycles. The lowest BCUT2D eigenvalue weighted by Gasteiger charge is -2.08. The lowest BCUT2D eigenvalue weighted by Crippen LogP contribution is -2.25. The second-order valence-electron chi connectivity index (χ2n) is 6.04. The molecule has 4 nitrogen and oxygen atoms in total. The summed E-state index contributed by atoms with van der Waals surface area (Å²) >= 11 is 6.77. The van der Waals surface area contributed by atoms with E-state index < -0.39 is 0 Å². The maximum atomic E-state index is 12.0. The molecule has 1 N–H and O–H groups in total. The lowest BCUT2D eigenvalue weighted by atomic mass is 10.0. The minimum atomic E-state index is -0.324. The van der Waals surface area contributed by atoms with Crippen LogP contribution in [0, 0.1) is 0 Å². The first-order valence-electron chi connectivity index (χ1n) is 8.60. The normalized spacial score (nSPS) is 11.2.